The van der Waals surface area contributed by atoms with E-state index in [0.717, 1.165) is 19.1 Å². The van der Waals surface area contributed by atoms with Crippen molar-refractivity contribution in [2.24, 2.45) is 0 Å². The first-order valence-electron chi connectivity index (χ1n) is 12.6. The number of amides is 1. The van der Waals surface area contributed by atoms with Crippen molar-refractivity contribution in [2.75, 3.05) is 26.2 Å². The number of unbranched alkanes of at least 4 members (excludes halogenated alkanes) is 3. The van der Waals surface area contributed by atoms with Crippen molar-refractivity contribution >= 4 is 11.9 Å². The second-order valence-corrected chi connectivity index (χ2v) is 8.60. The van der Waals surface area contributed by atoms with E-state index in [-0.39, 0.29) is 12.0 Å². The summed E-state index contributed by atoms with van der Waals surface area (Å²) in [6.07, 6.45) is 8.86. The highest BCUT2D eigenvalue weighted by atomic mass is 19.2. The molecule has 0 aliphatic rings. The predicted octanol–water partition coefficient (Wildman–Crippen LogP) is 5.51. The van der Waals surface area contributed by atoms with Crippen LogP contribution in [0.1, 0.15) is 84.1 Å². The van der Waals surface area contributed by atoms with Crippen LogP contribution in [0.2, 0.25) is 0 Å². The molecule has 0 spiro atoms. The number of aliphatic carboxylic acids is 1. The Kier molecular flexibility index (Phi) is 17.8. The molecule has 0 saturated carbocycles. The SMILES string of the molecule is CC(=O)NC(=CCC(C[N+](=O)[O-])c1cccc(F)c1F)C(=O)O.CCCCN(CCCC)CCCC. The number of hydrogen-bond donors (Lipinski definition) is 2. The van der Waals surface area contributed by atoms with E-state index in [2.05, 4.69) is 31.0 Å². The zero-order valence-electron chi connectivity index (χ0n) is 21.9. The smallest absolute Gasteiger partial charge is 0.352 e. The van der Waals surface area contributed by atoms with Gasteiger partial charge >= 0.3 is 5.97 Å². The quantitative estimate of drug-likeness (QED) is 0.171. The summed E-state index contributed by atoms with van der Waals surface area (Å²) in [6, 6.07) is 3.27. The van der Waals surface area contributed by atoms with Crippen molar-refractivity contribution in [2.45, 2.75) is 78.6 Å². The van der Waals surface area contributed by atoms with Gasteiger partial charge in [-0.3, -0.25) is 14.9 Å². The Balaban J connectivity index is 0.000000802. The molecule has 2 N–H and O–H groups in total. The van der Waals surface area contributed by atoms with E-state index < -0.39 is 46.6 Å². The minimum atomic E-state index is -1.44. The van der Waals surface area contributed by atoms with E-state index in [9.17, 15) is 28.5 Å². The zero-order valence-corrected chi connectivity index (χ0v) is 21.9. The van der Waals surface area contributed by atoms with Crippen LogP contribution in [0.4, 0.5) is 8.78 Å². The third-order valence-corrected chi connectivity index (χ3v) is 5.42. The first kappa shape index (κ1) is 33.1. The molecule has 1 amide bonds. The molecule has 0 bridgehead atoms. The van der Waals surface area contributed by atoms with Crippen LogP contribution in [-0.4, -0.2) is 53.0 Å². The molecular weight excluding hydrogens is 472 g/mol. The molecule has 0 aromatic heterocycles. The molecule has 10 heteroatoms. The van der Waals surface area contributed by atoms with Gasteiger partial charge < -0.3 is 15.3 Å². The van der Waals surface area contributed by atoms with Crippen LogP contribution in [0.3, 0.4) is 0 Å². The average molecular weight is 514 g/mol. The molecule has 1 atom stereocenters. The fourth-order valence-corrected chi connectivity index (χ4v) is 3.44. The topological polar surface area (TPSA) is 113 Å². The van der Waals surface area contributed by atoms with Gasteiger partial charge in [0.1, 0.15) is 5.70 Å². The molecule has 1 rings (SSSR count). The van der Waals surface area contributed by atoms with Gasteiger partial charge in [0.15, 0.2) is 11.6 Å². The fourth-order valence-electron chi connectivity index (χ4n) is 3.44. The van der Waals surface area contributed by atoms with E-state index in [4.69, 9.17) is 5.11 Å². The van der Waals surface area contributed by atoms with E-state index in [1.165, 1.54) is 70.3 Å². The lowest BCUT2D eigenvalue weighted by atomic mass is 9.94. The lowest BCUT2D eigenvalue weighted by Gasteiger charge is -2.21. The Morgan fingerprint density at radius 1 is 1.08 bits per heavy atom. The molecule has 204 valence electrons. The molecule has 1 unspecified atom stereocenters. The Hall–Kier alpha value is -2.88. The zero-order chi connectivity index (χ0) is 27.5. The summed E-state index contributed by atoms with van der Waals surface area (Å²) in [4.78, 5) is 34.5. The van der Waals surface area contributed by atoms with E-state index >= 15 is 0 Å². The van der Waals surface area contributed by atoms with Crippen molar-refractivity contribution in [1.29, 1.82) is 0 Å². The molecule has 0 radical (unpaired) electrons. The molecule has 0 aliphatic carbocycles. The van der Waals surface area contributed by atoms with Gasteiger partial charge in [0, 0.05) is 17.4 Å². The fraction of sp³-hybridized carbons (Fsp3) is 0.615. The molecule has 8 nitrogen and oxygen atoms in total. The molecule has 0 heterocycles. The highest BCUT2D eigenvalue weighted by Crippen LogP contribution is 2.25. The number of carbonyl (C=O) groups excluding carboxylic acids is 1. The first-order valence-corrected chi connectivity index (χ1v) is 12.6. The molecule has 0 aliphatic heterocycles. The maximum absolute atomic E-state index is 13.8. The van der Waals surface area contributed by atoms with Crippen LogP contribution >= 0.6 is 0 Å². The number of nitro groups is 1. The Morgan fingerprint density at radius 2 is 1.61 bits per heavy atom. The third kappa shape index (κ3) is 14.5. The van der Waals surface area contributed by atoms with Crippen molar-refractivity contribution in [3.8, 4) is 0 Å². The third-order valence-electron chi connectivity index (χ3n) is 5.42. The molecule has 0 saturated heterocycles. The lowest BCUT2D eigenvalue weighted by molar-refractivity contribution is -0.483. The number of allylic oxidation sites excluding steroid dienone is 1. The minimum Gasteiger partial charge on any atom is -0.477 e. The van der Waals surface area contributed by atoms with Crippen LogP contribution in [0.5, 0.6) is 0 Å². The van der Waals surface area contributed by atoms with Crippen molar-refractivity contribution in [3.63, 3.8) is 0 Å². The number of nitrogens with one attached hydrogen (secondary N) is 1. The summed E-state index contributed by atoms with van der Waals surface area (Å²) in [5, 5.41) is 21.7. The normalized spacial score (nSPS) is 12.0. The van der Waals surface area contributed by atoms with Gasteiger partial charge in [0.2, 0.25) is 12.5 Å². The monoisotopic (exact) mass is 513 g/mol. The average Bonchev–Trinajstić information content (AvgIpc) is 2.82. The number of carboxylic acids is 1. The highest BCUT2D eigenvalue weighted by Gasteiger charge is 2.23. The number of halogens is 2. The van der Waals surface area contributed by atoms with E-state index in [0.29, 0.717) is 0 Å². The number of hydrogen-bond acceptors (Lipinski definition) is 5. The van der Waals surface area contributed by atoms with Gasteiger partial charge in [-0.2, -0.15) is 0 Å². The van der Waals surface area contributed by atoms with Gasteiger partial charge in [0.25, 0.3) is 0 Å². The lowest BCUT2D eigenvalue weighted by Crippen LogP contribution is -2.27. The molecule has 36 heavy (non-hydrogen) atoms. The largest absolute Gasteiger partial charge is 0.477 e. The maximum Gasteiger partial charge on any atom is 0.352 e. The van der Waals surface area contributed by atoms with Gasteiger partial charge in [-0.1, -0.05) is 58.2 Å². The van der Waals surface area contributed by atoms with Crippen molar-refractivity contribution < 1.29 is 28.4 Å². The molecule has 1 aromatic rings. The summed E-state index contributed by atoms with van der Waals surface area (Å²) >= 11 is 0. The van der Waals surface area contributed by atoms with Crippen LogP contribution in [-0.2, 0) is 9.59 Å². The molecular formula is C26H41F2N3O5. The standard InChI is InChI=1S/C14H14F2N2O5.C12H27N/c1-8(19)17-12(14(20)21)6-5-9(7-18(22)23)10-3-2-4-11(15)13(10)16;1-4-7-10-13(11-8-5-2)12-9-6-3/h2-4,6,9H,5,7H2,1H3,(H,17,19)(H,20,21);4-12H2,1-3H3. The first-order chi connectivity index (χ1) is 17.1. The van der Waals surface area contributed by atoms with Crippen LogP contribution in [0.25, 0.3) is 0 Å². The molecule has 0 fully saturated rings. The Labute approximate surface area is 212 Å². The van der Waals surface area contributed by atoms with Gasteiger partial charge in [-0.05, 0) is 51.4 Å². The number of nitrogens with zero attached hydrogens (tertiary/aromatic N) is 2. The Bertz CT molecular complexity index is 830. The number of carboxylic acid groups (broad SMARTS) is 1. The van der Waals surface area contributed by atoms with Crippen molar-refractivity contribution in [1.82, 2.24) is 10.2 Å². The Morgan fingerprint density at radius 3 is 2.03 bits per heavy atom. The van der Waals surface area contributed by atoms with Crippen LogP contribution < -0.4 is 5.32 Å². The second-order valence-electron chi connectivity index (χ2n) is 8.60. The van der Waals surface area contributed by atoms with Gasteiger partial charge in [-0.15, -0.1) is 0 Å². The minimum absolute atomic E-state index is 0.231. The van der Waals surface area contributed by atoms with Gasteiger partial charge in [0.05, 0.1) is 5.92 Å². The summed E-state index contributed by atoms with van der Waals surface area (Å²) in [6.45, 7) is 11.2. The highest BCUT2D eigenvalue weighted by molar-refractivity contribution is 5.91. The second kappa shape index (κ2) is 19.3. The summed E-state index contributed by atoms with van der Waals surface area (Å²) in [7, 11) is 0. The summed E-state index contributed by atoms with van der Waals surface area (Å²) in [5.41, 5.74) is -0.715. The number of benzene rings is 1. The predicted molar refractivity (Wildman–Crippen MR) is 136 cm³/mol. The summed E-state index contributed by atoms with van der Waals surface area (Å²) in [5.74, 6) is -5.53. The van der Waals surface area contributed by atoms with Crippen molar-refractivity contribution in [3.05, 3.63) is 57.3 Å². The maximum atomic E-state index is 13.8. The van der Waals surface area contributed by atoms with E-state index in [1.807, 2.05) is 0 Å². The van der Waals surface area contributed by atoms with Crippen LogP contribution in [0.15, 0.2) is 30.0 Å². The van der Waals surface area contributed by atoms with Crippen LogP contribution in [0, 0.1) is 21.7 Å². The van der Waals surface area contributed by atoms with Gasteiger partial charge in [-0.25, -0.2) is 13.6 Å². The molecule has 1 aromatic carbocycles. The number of rotatable bonds is 16. The number of carbonyl (C=O) groups is 2. The van der Waals surface area contributed by atoms with E-state index in [1.54, 1.807) is 0 Å². The summed E-state index contributed by atoms with van der Waals surface area (Å²) < 4.78 is 27.1.